The highest BCUT2D eigenvalue weighted by Gasteiger charge is 2.13. The number of nitrogens with one attached hydrogen (secondary N) is 1. The first kappa shape index (κ1) is 15.2. The topological polar surface area (TPSA) is 54.9 Å². The molecule has 0 atom stereocenters. The zero-order chi connectivity index (χ0) is 16.4. The van der Waals surface area contributed by atoms with Crippen LogP contribution in [0, 0.1) is 20.8 Å². The van der Waals surface area contributed by atoms with Gasteiger partial charge in [0, 0.05) is 17.3 Å². The maximum absolute atomic E-state index is 12.6. The molecule has 0 saturated heterocycles. The second kappa shape index (κ2) is 6.16. The van der Waals surface area contributed by atoms with Gasteiger partial charge in [-0.2, -0.15) is 0 Å². The number of rotatable bonds is 3. The number of amides is 1. The predicted octanol–water partition coefficient (Wildman–Crippen LogP) is 3.49. The third kappa shape index (κ3) is 3.21. The minimum absolute atomic E-state index is 0.101. The van der Waals surface area contributed by atoms with Crippen LogP contribution < -0.4 is 5.32 Å². The molecule has 0 aliphatic heterocycles. The Morgan fingerprint density at radius 1 is 1.13 bits per heavy atom. The molecule has 0 spiro atoms. The highest BCUT2D eigenvalue weighted by molar-refractivity contribution is 6.07. The van der Waals surface area contributed by atoms with E-state index in [1.165, 1.54) is 0 Å². The summed E-state index contributed by atoms with van der Waals surface area (Å²) in [6, 6.07) is 11.6. The summed E-state index contributed by atoms with van der Waals surface area (Å²) in [6.07, 6.45) is 1.72. The minimum atomic E-state index is -0.101. The Bertz CT molecular complexity index is 873. The molecule has 3 rings (SSSR count). The highest BCUT2D eigenvalue weighted by Crippen LogP contribution is 2.23. The Hall–Kier alpha value is -2.75. The van der Waals surface area contributed by atoms with Gasteiger partial charge in [-0.05, 0) is 50.6 Å². The number of carbonyl (C=O) groups excluding carboxylic acids is 1. The lowest BCUT2D eigenvalue weighted by atomic mass is 10.0. The molecule has 0 radical (unpaired) electrons. The van der Waals surface area contributed by atoms with Gasteiger partial charge in [0.2, 0.25) is 0 Å². The van der Waals surface area contributed by atoms with Crippen molar-refractivity contribution in [2.45, 2.75) is 27.3 Å². The molecule has 1 amide bonds. The number of carbonyl (C=O) groups is 1. The lowest BCUT2D eigenvalue weighted by molar-refractivity contribution is 0.0952. The first-order valence-corrected chi connectivity index (χ1v) is 7.61. The second-order valence-corrected chi connectivity index (χ2v) is 5.79. The van der Waals surface area contributed by atoms with Gasteiger partial charge in [0.25, 0.3) is 5.91 Å². The summed E-state index contributed by atoms with van der Waals surface area (Å²) < 4.78 is 0. The van der Waals surface area contributed by atoms with Crippen molar-refractivity contribution in [1.82, 2.24) is 15.3 Å². The standard InChI is InChI=1S/C19H19N3O/c1-12-8-13(2)18-16(9-12)17(10-14(3)22-18)19(23)21-11-15-6-4-5-7-20-15/h4-10H,11H2,1-3H3,(H,21,23). The Kier molecular flexibility index (Phi) is 4.06. The average Bonchev–Trinajstić information content (AvgIpc) is 2.54. The quantitative estimate of drug-likeness (QED) is 0.806. The number of nitrogens with zero attached hydrogens (tertiary/aromatic N) is 2. The predicted molar refractivity (Wildman–Crippen MR) is 91.4 cm³/mol. The van der Waals surface area contributed by atoms with E-state index >= 15 is 0 Å². The van der Waals surface area contributed by atoms with Gasteiger partial charge >= 0.3 is 0 Å². The zero-order valence-electron chi connectivity index (χ0n) is 13.6. The smallest absolute Gasteiger partial charge is 0.252 e. The van der Waals surface area contributed by atoms with E-state index in [0.717, 1.165) is 33.4 Å². The molecule has 0 unspecified atom stereocenters. The molecular weight excluding hydrogens is 286 g/mol. The number of hydrogen-bond donors (Lipinski definition) is 1. The number of aromatic nitrogens is 2. The van der Waals surface area contributed by atoms with Crippen LogP contribution in [0.5, 0.6) is 0 Å². The fourth-order valence-corrected chi connectivity index (χ4v) is 2.77. The molecule has 0 aliphatic carbocycles. The van der Waals surface area contributed by atoms with E-state index in [0.29, 0.717) is 12.1 Å². The highest BCUT2D eigenvalue weighted by atomic mass is 16.1. The molecule has 2 heterocycles. The lowest BCUT2D eigenvalue weighted by Crippen LogP contribution is -2.23. The number of benzene rings is 1. The molecule has 0 bridgehead atoms. The van der Waals surface area contributed by atoms with E-state index in [9.17, 15) is 4.79 Å². The maximum atomic E-state index is 12.6. The maximum Gasteiger partial charge on any atom is 0.252 e. The number of fused-ring (bicyclic) bond motifs is 1. The average molecular weight is 305 g/mol. The molecule has 0 saturated carbocycles. The van der Waals surface area contributed by atoms with Crippen molar-refractivity contribution in [3.63, 3.8) is 0 Å². The minimum Gasteiger partial charge on any atom is -0.346 e. The second-order valence-electron chi connectivity index (χ2n) is 5.79. The van der Waals surface area contributed by atoms with E-state index in [4.69, 9.17) is 0 Å². The molecule has 0 fully saturated rings. The van der Waals surface area contributed by atoms with Crippen LogP contribution in [0.4, 0.5) is 0 Å². The van der Waals surface area contributed by atoms with Gasteiger partial charge in [-0.1, -0.05) is 17.7 Å². The van der Waals surface area contributed by atoms with Crippen LogP contribution in [-0.4, -0.2) is 15.9 Å². The molecule has 3 aromatic rings. The molecule has 1 N–H and O–H groups in total. The summed E-state index contributed by atoms with van der Waals surface area (Å²) in [5.74, 6) is -0.101. The van der Waals surface area contributed by atoms with Crippen molar-refractivity contribution in [2.75, 3.05) is 0 Å². The van der Waals surface area contributed by atoms with E-state index in [2.05, 4.69) is 21.4 Å². The Balaban J connectivity index is 1.96. The van der Waals surface area contributed by atoms with Gasteiger partial charge in [-0.25, -0.2) is 0 Å². The Morgan fingerprint density at radius 2 is 1.96 bits per heavy atom. The van der Waals surface area contributed by atoms with Crippen LogP contribution in [0.25, 0.3) is 10.9 Å². The van der Waals surface area contributed by atoms with E-state index in [-0.39, 0.29) is 5.91 Å². The summed E-state index contributed by atoms with van der Waals surface area (Å²) in [5, 5.41) is 3.84. The number of aryl methyl sites for hydroxylation is 3. The lowest BCUT2D eigenvalue weighted by Gasteiger charge is -2.11. The molecule has 4 nitrogen and oxygen atoms in total. The molecule has 116 valence electrons. The SMILES string of the molecule is Cc1cc(C)c2nc(C)cc(C(=O)NCc3ccccn3)c2c1. The molecular formula is C19H19N3O. The van der Waals surface area contributed by atoms with Gasteiger partial charge < -0.3 is 5.32 Å². The monoisotopic (exact) mass is 305 g/mol. The summed E-state index contributed by atoms with van der Waals surface area (Å²) in [6.45, 7) is 6.38. The zero-order valence-corrected chi connectivity index (χ0v) is 13.6. The van der Waals surface area contributed by atoms with Crippen molar-refractivity contribution in [1.29, 1.82) is 0 Å². The third-order valence-corrected chi connectivity index (χ3v) is 3.78. The van der Waals surface area contributed by atoms with E-state index in [1.54, 1.807) is 6.20 Å². The summed E-state index contributed by atoms with van der Waals surface area (Å²) in [7, 11) is 0. The first-order chi connectivity index (χ1) is 11.0. The van der Waals surface area contributed by atoms with Crippen molar-refractivity contribution < 1.29 is 4.79 Å². The molecule has 2 aromatic heterocycles. The van der Waals surface area contributed by atoms with Gasteiger partial charge in [0.05, 0.1) is 23.3 Å². The molecule has 23 heavy (non-hydrogen) atoms. The van der Waals surface area contributed by atoms with Crippen LogP contribution in [0.15, 0.2) is 42.6 Å². The van der Waals surface area contributed by atoms with Crippen molar-refractivity contribution in [2.24, 2.45) is 0 Å². The van der Waals surface area contributed by atoms with E-state index in [1.807, 2.05) is 51.1 Å². The van der Waals surface area contributed by atoms with Crippen molar-refractivity contribution in [3.8, 4) is 0 Å². The van der Waals surface area contributed by atoms with Crippen LogP contribution in [-0.2, 0) is 6.54 Å². The normalized spacial score (nSPS) is 10.7. The van der Waals surface area contributed by atoms with Crippen LogP contribution >= 0.6 is 0 Å². The first-order valence-electron chi connectivity index (χ1n) is 7.61. The summed E-state index contributed by atoms with van der Waals surface area (Å²) in [4.78, 5) is 21.5. The fraction of sp³-hybridized carbons (Fsp3) is 0.211. The summed E-state index contributed by atoms with van der Waals surface area (Å²) in [5.41, 5.74) is 5.44. The van der Waals surface area contributed by atoms with Crippen molar-refractivity contribution in [3.05, 3.63) is 70.7 Å². The molecule has 4 heteroatoms. The molecule has 0 aliphatic rings. The van der Waals surface area contributed by atoms with Gasteiger partial charge in [-0.15, -0.1) is 0 Å². The van der Waals surface area contributed by atoms with Gasteiger partial charge in [0.15, 0.2) is 0 Å². The third-order valence-electron chi connectivity index (χ3n) is 3.78. The van der Waals surface area contributed by atoms with Crippen LogP contribution in [0.3, 0.4) is 0 Å². The van der Waals surface area contributed by atoms with Gasteiger partial charge in [-0.3, -0.25) is 14.8 Å². The Morgan fingerprint density at radius 3 is 2.70 bits per heavy atom. The molecule has 1 aromatic carbocycles. The van der Waals surface area contributed by atoms with E-state index < -0.39 is 0 Å². The summed E-state index contributed by atoms with van der Waals surface area (Å²) >= 11 is 0. The van der Waals surface area contributed by atoms with Crippen LogP contribution in [0.1, 0.15) is 32.9 Å². The largest absolute Gasteiger partial charge is 0.346 e. The Labute approximate surface area is 135 Å². The number of pyridine rings is 2. The fourth-order valence-electron chi connectivity index (χ4n) is 2.77. The van der Waals surface area contributed by atoms with Crippen LogP contribution in [0.2, 0.25) is 0 Å². The van der Waals surface area contributed by atoms with Crippen molar-refractivity contribution >= 4 is 16.8 Å². The van der Waals surface area contributed by atoms with Gasteiger partial charge in [0.1, 0.15) is 0 Å². The number of hydrogen-bond acceptors (Lipinski definition) is 3.